The van der Waals surface area contributed by atoms with Crippen LogP contribution in [0.2, 0.25) is 0 Å². The maximum Gasteiger partial charge on any atom is 0.240 e. The Bertz CT molecular complexity index is 411. The lowest BCUT2D eigenvalue weighted by Crippen LogP contribution is -2.58. The van der Waals surface area contributed by atoms with Crippen LogP contribution in [0.15, 0.2) is 0 Å². The van der Waals surface area contributed by atoms with E-state index >= 15 is 0 Å². The Balaban J connectivity index is 0.00000338. The molecular weight excluding hydrogens is 389 g/mol. The van der Waals surface area contributed by atoms with E-state index in [1.54, 1.807) is 0 Å². The molecule has 27 heavy (non-hydrogen) atoms. The van der Waals surface area contributed by atoms with Crippen LogP contribution in [-0.2, 0) is 14.3 Å². The number of amides is 1. The van der Waals surface area contributed by atoms with E-state index in [1.807, 2.05) is 4.90 Å². The average molecular weight is 428 g/mol. The van der Waals surface area contributed by atoms with Crippen LogP contribution in [0.1, 0.15) is 47.0 Å². The molecule has 0 bridgehead atoms. The number of nitrogens with zero attached hydrogens (tertiary/aromatic N) is 2. The standard InChI is InChI=1S/C19H37N3O3.2ClH/c1-14(2)18(22-12-15(3)25-16(4)13-22)19(23)21-9-6-17(7-10-21)24-11-5-8-20;;/h14-18H,5-13,20H2,1-4H3;2*1H. The highest BCUT2D eigenvalue weighted by Gasteiger charge is 2.37. The number of halogens is 2. The smallest absolute Gasteiger partial charge is 0.240 e. The summed E-state index contributed by atoms with van der Waals surface area (Å²) >= 11 is 0. The van der Waals surface area contributed by atoms with Gasteiger partial charge < -0.3 is 20.1 Å². The average Bonchev–Trinajstić information content (AvgIpc) is 2.54. The number of ether oxygens (including phenoxy) is 2. The maximum atomic E-state index is 13.2. The third kappa shape index (κ3) is 8.03. The second kappa shape index (κ2) is 13.2. The van der Waals surface area contributed by atoms with Crippen LogP contribution < -0.4 is 5.73 Å². The van der Waals surface area contributed by atoms with E-state index in [4.69, 9.17) is 15.2 Å². The number of carbonyl (C=O) groups excluding carboxylic acids is 1. The number of hydrogen-bond donors (Lipinski definition) is 1. The first-order valence-electron chi connectivity index (χ1n) is 9.92. The summed E-state index contributed by atoms with van der Waals surface area (Å²) in [4.78, 5) is 17.6. The monoisotopic (exact) mass is 427 g/mol. The van der Waals surface area contributed by atoms with Crippen LogP contribution in [-0.4, -0.2) is 79.4 Å². The number of likely N-dealkylation sites (tertiary alicyclic amines) is 1. The Morgan fingerprint density at radius 3 is 2.19 bits per heavy atom. The molecule has 2 aliphatic rings. The summed E-state index contributed by atoms with van der Waals surface area (Å²) in [5.74, 6) is 0.570. The van der Waals surface area contributed by atoms with Gasteiger partial charge in [0.05, 0.1) is 24.4 Å². The number of morpholine rings is 1. The zero-order valence-electron chi connectivity index (χ0n) is 17.3. The molecule has 0 aromatic heterocycles. The quantitative estimate of drug-likeness (QED) is 0.631. The van der Waals surface area contributed by atoms with Gasteiger partial charge in [-0.1, -0.05) is 13.8 Å². The minimum absolute atomic E-state index is 0. The predicted molar refractivity (Wildman–Crippen MR) is 114 cm³/mol. The highest BCUT2D eigenvalue weighted by Crippen LogP contribution is 2.22. The van der Waals surface area contributed by atoms with Gasteiger partial charge in [-0.15, -0.1) is 24.8 Å². The van der Waals surface area contributed by atoms with Crippen molar-refractivity contribution < 1.29 is 14.3 Å². The molecule has 0 aromatic carbocycles. The Kier molecular flexibility index (Phi) is 13.1. The van der Waals surface area contributed by atoms with Crippen molar-refractivity contribution >= 4 is 30.7 Å². The van der Waals surface area contributed by atoms with E-state index in [0.29, 0.717) is 12.5 Å². The highest BCUT2D eigenvalue weighted by molar-refractivity contribution is 5.85. The fraction of sp³-hybridized carbons (Fsp3) is 0.947. The summed E-state index contributed by atoms with van der Waals surface area (Å²) in [5, 5.41) is 0. The van der Waals surface area contributed by atoms with Crippen LogP contribution in [0, 0.1) is 5.92 Å². The lowest BCUT2D eigenvalue weighted by atomic mass is 9.97. The first-order chi connectivity index (χ1) is 11.9. The van der Waals surface area contributed by atoms with Gasteiger partial charge in [0.25, 0.3) is 0 Å². The molecule has 2 rings (SSSR count). The van der Waals surface area contributed by atoms with Crippen LogP contribution in [0.4, 0.5) is 0 Å². The van der Waals surface area contributed by atoms with Crippen molar-refractivity contribution in [2.45, 2.75) is 71.3 Å². The summed E-state index contributed by atoms with van der Waals surface area (Å²) in [6, 6.07) is -0.0523. The topological polar surface area (TPSA) is 68.0 Å². The first-order valence-corrected chi connectivity index (χ1v) is 9.92. The molecule has 2 saturated heterocycles. The van der Waals surface area contributed by atoms with Gasteiger partial charge in [-0.2, -0.15) is 0 Å². The molecule has 0 spiro atoms. The Hall–Kier alpha value is -0.110. The molecule has 0 aromatic rings. The summed E-state index contributed by atoms with van der Waals surface area (Å²) < 4.78 is 11.7. The van der Waals surface area contributed by atoms with Crippen molar-refractivity contribution in [1.29, 1.82) is 0 Å². The van der Waals surface area contributed by atoms with Crippen molar-refractivity contribution in [3.63, 3.8) is 0 Å². The summed E-state index contributed by atoms with van der Waals surface area (Å²) in [6.07, 6.45) is 3.39. The number of hydrogen-bond acceptors (Lipinski definition) is 5. The van der Waals surface area contributed by atoms with Crippen LogP contribution in [0.5, 0.6) is 0 Å². The molecule has 2 fully saturated rings. The van der Waals surface area contributed by atoms with Gasteiger partial charge in [-0.25, -0.2) is 0 Å². The molecular formula is C19H39Cl2N3O3. The third-order valence-electron chi connectivity index (χ3n) is 5.18. The van der Waals surface area contributed by atoms with Crippen LogP contribution in [0.25, 0.3) is 0 Å². The van der Waals surface area contributed by atoms with Crippen LogP contribution in [0.3, 0.4) is 0 Å². The molecule has 0 aliphatic carbocycles. The Labute approximate surface area is 177 Å². The van der Waals surface area contributed by atoms with E-state index in [1.165, 1.54) is 0 Å². The van der Waals surface area contributed by atoms with E-state index in [0.717, 1.165) is 52.0 Å². The van der Waals surface area contributed by atoms with Crippen molar-refractivity contribution in [2.75, 3.05) is 39.3 Å². The minimum Gasteiger partial charge on any atom is -0.378 e. The van der Waals surface area contributed by atoms with Gasteiger partial charge in [0, 0.05) is 32.8 Å². The number of carbonyl (C=O) groups is 1. The predicted octanol–water partition coefficient (Wildman–Crippen LogP) is 2.32. The van der Waals surface area contributed by atoms with Gasteiger partial charge in [0.15, 0.2) is 0 Å². The second-order valence-corrected chi connectivity index (χ2v) is 7.94. The summed E-state index contributed by atoms with van der Waals surface area (Å²) in [6.45, 7) is 13.1. The Morgan fingerprint density at radius 1 is 1.15 bits per heavy atom. The molecule has 3 atom stereocenters. The fourth-order valence-electron chi connectivity index (χ4n) is 4.07. The maximum absolute atomic E-state index is 13.2. The molecule has 6 nitrogen and oxygen atoms in total. The van der Waals surface area contributed by atoms with E-state index in [9.17, 15) is 4.79 Å². The van der Waals surface area contributed by atoms with E-state index < -0.39 is 0 Å². The van der Waals surface area contributed by atoms with Crippen molar-refractivity contribution in [3.05, 3.63) is 0 Å². The lowest BCUT2D eigenvalue weighted by Gasteiger charge is -2.43. The molecule has 2 N–H and O–H groups in total. The largest absolute Gasteiger partial charge is 0.378 e. The van der Waals surface area contributed by atoms with Gasteiger partial charge in [-0.3, -0.25) is 9.69 Å². The molecule has 2 aliphatic heterocycles. The number of rotatable bonds is 7. The molecule has 8 heteroatoms. The molecule has 0 saturated carbocycles. The van der Waals surface area contributed by atoms with Crippen molar-refractivity contribution in [2.24, 2.45) is 11.7 Å². The Morgan fingerprint density at radius 2 is 1.70 bits per heavy atom. The normalized spacial score (nSPS) is 25.6. The molecule has 2 heterocycles. The highest BCUT2D eigenvalue weighted by atomic mass is 35.5. The number of nitrogens with two attached hydrogens (primary N) is 1. The summed E-state index contributed by atoms with van der Waals surface area (Å²) in [5.41, 5.74) is 5.51. The van der Waals surface area contributed by atoms with Gasteiger partial charge in [-0.05, 0) is 45.6 Å². The van der Waals surface area contributed by atoms with Gasteiger partial charge in [0.1, 0.15) is 0 Å². The molecule has 0 radical (unpaired) electrons. The SMILES string of the molecule is CC1CN(C(C(=O)N2CCC(OCCCN)CC2)C(C)C)CC(C)O1.Cl.Cl. The molecule has 162 valence electrons. The van der Waals surface area contributed by atoms with E-state index in [2.05, 4.69) is 32.6 Å². The molecule has 1 amide bonds. The second-order valence-electron chi connectivity index (χ2n) is 7.94. The summed E-state index contributed by atoms with van der Waals surface area (Å²) in [7, 11) is 0. The van der Waals surface area contributed by atoms with Gasteiger partial charge in [0.2, 0.25) is 5.91 Å². The zero-order chi connectivity index (χ0) is 18.4. The van der Waals surface area contributed by atoms with Crippen molar-refractivity contribution in [1.82, 2.24) is 9.80 Å². The first kappa shape index (κ1) is 26.9. The van der Waals surface area contributed by atoms with Crippen molar-refractivity contribution in [3.8, 4) is 0 Å². The third-order valence-corrected chi connectivity index (χ3v) is 5.18. The van der Waals surface area contributed by atoms with Gasteiger partial charge >= 0.3 is 0 Å². The number of piperidine rings is 1. The zero-order valence-corrected chi connectivity index (χ0v) is 18.9. The molecule has 3 unspecified atom stereocenters. The van der Waals surface area contributed by atoms with Crippen LogP contribution >= 0.6 is 24.8 Å². The lowest BCUT2D eigenvalue weighted by molar-refractivity contribution is -0.147. The minimum atomic E-state index is -0.0523. The van der Waals surface area contributed by atoms with E-state index in [-0.39, 0.29) is 55.1 Å². The fourth-order valence-corrected chi connectivity index (χ4v) is 4.07.